The van der Waals surface area contributed by atoms with Gasteiger partial charge in [-0.3, -0.25) is 10.1 Å². The van der Waals surface area contributed by atoms with E-state index in [-0.39, 0.29) is 5.75 Å². The molecule has 0 aromatic heterocycles. The molecule has 0 heterocycles. The summed E-state index contributed by atoms with van der Waals surface area (Å²) < 4.78 is 0. The van der Waals surface area contributed by atoms with Gasteiger partial charge in [0.25, 0.3) is 0 Å². The Morgan fingerprint density at radius 3 is 2.75 bits per heavy atom. The van der Waals surface area contributed by atoms with Crippen molar-refractivity contribution in [3.63, 3.8) is 0 Å². The predicted molar refractivity (Wildman–Crippen MR) is 64.0 cm³/mol. The molecule has 0 saturated carbocycles. The largest absolute Gasteiger partial charge is 0.399 e. The Bertz CT molecular complexity index is 421. The number of nitrogens with two attached hydrogens (primary N) is 2. The maximum Gasteiger partial charge on any atom is 0.318 e. The van der Waals surface area contributed by atoms with Crippen LogP contribution < -0.4 is 16.8 Å². The number of imide groups is 1. The lowest BCUT2D eigenvalue weighted by Gasteiger charge is -2.06. The van der Waals surface area contributed by atoms with Gasteiger partial charge >= 0.3 is 6.03 Å². The van der Waals surface area contributed by atoms with Crippen LogP contribution in [0.25, 0.3) is 0 Å². The predicted octanol–water partition coefficient (Wildman–Crippen LogP) is 0.864. The molecule has 0 aliphatic heterocycles. The highest BCUT2D eigenvalue weighted by atomic mass is 32.2. The van der Waals surface area contributed by atoms with Crippen LogP contribution in [0, 0.1) is 6.92 Å². The first-order valence-corrected chi connectivity index (χ1v) is 5.56. The van der Waals surface area contributed by atoms with Crippen LogP contribution in [0.4, 0.5) is 10.5 Å². The van der Waals surface area contributed by atoms with Gasteiger partial charge in [0.1, 0.15) is 0 Å². The fourth-order valence-corrected chi connectivity index (χ4v) is 1.96. The summed E-state index contributed by atoms with van der Waals surface area (Å²) in [7, 11) is 0. The van der Waals surface area contributed by atoms with Crippen LogP contribution in [0.2, 0.25) is 0 Å². The van der Waals surface area contributed by atoms with Crippen molar-refractivity contribution in [2.45, 2.75) is 11.8 Å². The summed E-state index contributed by atoms with van der Waals surface area (Å²) in [5.74, 6) is -0.285. The lowest BCUT2D eigenvalue weighted by Crippen LogP contribution is -2.36. The first-order valence-electron chi connectivity index (χ1n) is 4.57. The monoisotopic (exact) mass is 239 g/mol. The van der Waals surface area contributed by atoms with E-state index < -0.39 is 11.9 Å². The lowest BCUT2D eigenvalue weighted by atomic mass is 10.2. The number of rotatable bonds is 3. The van der Waals surface area contributed by atoms with Crippen molar-refractivity contribution < 1.29 is 9.59 Å². The average molecular weight is 239 g/mol. The molecule has 3 amide bonds. The molecule has 0 aliphatic rings. The van der Waals surface area contributed by atoms with E-state index in [9.17, 15) is 9.59 Å². The summed E-state index contributed by atoms with van der Waals surface area (Å²) in [4.78, 5) is 22.5. The van der Waals surface area contributed by atoms with E-state index in [0.29, 0.717) is 5.69 Å². The normalized spacial score (nSPS) is 9.81. The zero-order chi connectivity index (χ0) is 12.1. The second kappa shape index (κ2) is 5.41. The molecule has 1 aromatic carbocycles. The molecule has 0 radical (unpaired) electrons. The van der Waals surface area contributed by atoms with Gasteiger partial charge < -0.3 is 11.5 Å². The molecule has 0 atom stereocenters. The van der Waals surface area contributed by atoms with Crippen LogP contribution >= 0.6 is 11.8 Å². The number of amides is 3. The molecule has 0 unspecified atom stereocenters. The van der Waals surface area contributed by atoms with E-state index in [1.807, 2.05) is 18.3 Å². The number of benzene rings is 1. The molecule has 1 aromatic rings. The zero-order valence-corrected chi connectivity index (χ0v) is 9.64. The second-order valence-electron chi connectivity index (χ2n) is 3.23. The summed E-state index contributed by atoms with van der Waals surface area (Å²) >= 11 is 1.31. The number of aryl methyl sites for hydroxylation is 1. The van der Waals surface area contributed by atoms with Crippen molar-refractivity contribution in [3.05, 3.63) is 23.8 Å². The molecule has 16 heavy (non-hydrogen) atoms. The Morgan fingerprint density at radius 1 is 1.44 bits per heavy atom. The summed E-state index contributed by atoms with van der Waals surface area (Å²) in [6, 6.07) is 4.62. The Kier molecular flexibility index (Phi) is 4.19. The van der Waals surface area contributed by atoms with Crippen molar-refractivity contribution in [1.82, 2.24) is 5.32 Å². The maximum atomic E-state index is 11.2. The van der Waals surface area contributed by atoms with Gasteiger partial charge in [0, 0.05) is 10.6 Å². The number of urea groups is 1. The Labute approximate surface area is 97.6 Å². The highest BCUT2D eigenvalue weighted by Crippen LogP contribution is 2.24. The number of hydrogen-bond donors (Lipinski definition) is 3. The fraction of sp³-hybridized carbons (Fsp3) is 0.200. The summed E-state index contributed by atoms with van der Waals surface area (Å²) in [6.45, 7) is 1.92. The SMILES string of the molecule is Cc1ccc(N)cc1SCC(=O)NC(N)=O. The minimum absolute atomic E-state index is 0.132. The quantitative estimate of drug-likeness (QED) is 0.538. The van der Waals surface area contributed by atoms with E-state index >= 15 is 0 Å². The highest BCUT2D eigenvalue weighted by molar-refractivity contribution is 8.00. The molecule has 0 bridgehead atoms. The number of primary amides is 1. The number of anilines is 1. The minimum atomic E-state index is -0.838. The number of hydrogen-bond acceptors (Lipinski definition) is 4. The van der Waals surface area contributed by atoms with Gasteiger partial charge in [0.2, 0.25) is 5.91 Å². The van der Waals surface area contributed by atoms with E-state index in [1.165, 1.54) is 11.8 Å². The van der Waals surface area contributed by atoms with E-state index in [4.69, 9.17) is 11.5 Å². The molecule has 0 fully saturated rings. The van der Waals surface area contributed by atoms with E-state index in [0.717, 1.165) is 10.5 Å². The van der Waals surface area contributed by atoms with Crippen LogP contribution in [0.5, 0.6) is 0 Å². The van der Waals surface area contributed by atoms with E-state index in [2.05, 4.69) is 0 Å². The first-order chi connectivity index (χ1) is 7.49. The van der Waals surface area contributed by atoms with Gasteiger partial charge in [-0.15, -0.1) is 11.8 Å². The molecule has 0 aliphatic carbocycles. The Balaban J connectivity index is 2.57. The minimum Gasteiger partial charge on any atom is -0.399 e. The second-order valence-corrected chi connectivity index (χ2v) is 4.24. The third-order valence-corrected chi connectivity index (χ3v) is 2.99. The summed E-state index contributed by atoms with van der Waals surface area (Å²) in [5, 5.41) is 1.99. The van der Waals surface area contributed by atoms with Crippen molar-refractivity contribution >= 4 is 29.4 Å². The third-order valence-electron chi connectivity index (χ3n) is 1.83. The zero-order valence-electron chi connectivity index (χ0n) is 8.82. The topological polar surface area (TPSA) is 98.2 Å². The number of carbonyl (C=O) groups is 2. The standard InChI is InChI=1S/C10H13N3O2S/c1-6-2-3-7(11)4-8(6)16-5-9(14)13-10(12)15/h2-4H,5,11H2,1H3,(H3,12,13,14,15). The maximum absolute atomic E-state index is 11.2. The number of nitrogen functional groups attached to an aromatic ring is 1. The van der Waals surface area contributed by atoms with E-state index in [1.54, 1.807) is 12.1 Å². The third kappa shape index (κ3) is 3.82. The summed E-state index contributed by atoms with van der Waals surface area (Å²) in [5.41, 5.74) is 12.1. The molecule has 5 nitrogen and oxygen atoms in total. The number of nitrogens with one attached hydrogen (secondary N) is 1. The highest BCUT2D eigenvalue weighted by Gasteiger charge is 2.06. The van der Waals surface area contributed by atoms with Gasteiger partial charge in [-0.1, -0.05) is 6.07 Å². The van der Waals surface area contributed by atoms with Gasteiger partial charge in [0.15, 0.2) is 0 Å². The first kappa shape index (κ1) is 12.4. The van der Waals surface area contributed by atoms with Crippen LogP contribution in [0.1, 0.15) is 5.56 Å². The molecular weight excluding hydrogens is 226 g/mol. The van der Waals surface area contributed by atoms with Gasteiger partial charge in [-0.25, -0.2) is 4.79 Å². The molecule has 1 rings (SSSR count). The summed E-state index contributed by atoms with van der Waals surface area (Å²) in [6.07, 6.45) is 0. The fourth-order valence-electron chi connectivity index (χ4n) is 1.09. The average Bonchev–Trinajstić information content (AvgIpc) is 2.18. The Hall–Kier alpha value is -1.69. The lowest BCUT2D eigenvalue weighted by molar-refractivity contribution is -0.117. The van der Waals surface area contributed by atoms with Crippen molar-refractivity contribution in [3.8, 4) is 0 Å². The van der Waals surface area contributed by atoms with Crippen molar-refractivity contribution in [1.29, 1.82) is 0 Å². The van der Waals surface area contributed by atoms with Crippen molar-refractivity contribution in [2.24, 2.45) is 5.73 Å². The molecular formula is C10H13N3O2S. The molecule has 86 valence electrons. The van der Waals surface area contributed by atoms with Gasteiger partial charge in [-0.05, 0) is 24.6 Å². The molecule has 5 N–H and O–H groups in total. The van der Waals surface area contributed by atoms with Crippen LogP contribution in [0.3, 0.4) is 0 Å². The number of thioether (sulfide) groups is 1. The van der Waals surface area contributed by atoms with Crippen LogP contribution in [-0.4, -0.2) is 17.7 Å². The van der Waals surface area contributed by atoms with Crippen molar-refractivity contribution in [2.75, 3.05) is 11.5 Å². The molecule has 0 saturated heterocycles. The smallest absolute Gasteiger partial charge is 0.318 e. The molecule has 6 heteroatoms. The van der Waals surface area contributed by atoms with Crippen LogP contribution in [-0.2, 0) is 4.79 Å². The number of carbonyl (C=O) groups excluding carboxylic acids is 2. The van der Waals surface area contributed by atoms with Crippen LogP contribution in [0.15, 0.2) is 23.1 Å². The Morgan fingerprint density at radius 2 is 2.12 bits per heavy atom. The van der Waals surface area contributed by atoms with Gasteiger partial charge in [-0.2, -0.15) is 0 Å². The van der Waals surface area contributed by atoms with Gasteiger partial charge in [0.05, 0.1) is 5.75 Å². The molecule has 0 spiro atoms.